The lowest BCUT2D eigenvalue weighted by molar-refractivity contribution is -0.121. The van der Waals surface area contributed by atoms with Crippen molar-refractivity contribution in [2.24, 2.45) is 5.92 Å². The molecule has 1 unspecified atom stereocenters. The zero-order chi connectivity index (χ0) is 12.5. The number of nitrogens with one attached hydrogen (secondary N) is 1. The first-order valence-corrected chi connectivity index (χ1v) is 6.05. The molecule has 0 aliphatic rings. The van der Waals surface area contributed by atoms with Gasteiger partial charge in [-0.15, -0.1) is 0 Å². The van der Waals surface area contributed by atoms with E-state index in [4.69, 9.17) is 5.11 Å². The number of carbonyl (C=O) groups excluding carboxylic acids is 1. The van der Waals surface area contributed by atoms with Crippen molar-refractivity contribution in [2.75, 3.05) is 13.2 Å². The van der Waals surface area contributed by atoms with E-state index in [1.54, 1.807) is 12.5 Å². The minimum atomic E-state index is 0.0651. The van der Waals surface area contributed by atoms with Crippen molar-refractivity contribution in [1.29, 1.82) is 0 Å². The number of nitrogens with zero attached hydrogens (tertiary/aromatic N) is 2. The zero-order valence-corrected chi connectivity index (χ0v) is 10.3. The van der Waals surface area contributed by atoms with E-state index in [1.165, 1.54) is 0 Å². The molecule has 0 bridgehead atoms. The van der Waals surface area contributed by atoms with Crippen LogP contribution in [0.15, 0.2) is 18.7 Å². The molecule has 5 nitrogen and oxygen atoms in total. The van der Waals surface area contributed by atoms with Gasteiger partial charge in [0.25, 0.3) is 0 Å². The summed E-state index contributed by atoms with van der Waals surface area (Å²) in [5.41, 5.74) is 0. The van der Waals surface area contributed by atoms with Gasteiger partial charge in [-0.25, -0.2) is 4.98 Å². The van der Waals surface area contributed by atoms with E-state index >= 15 is 0 Å². The van der Waals surface area contributed by atoms with Crippen LogP contribution in [0.25, 0.3) is 0 Å². The molecule has 1 heterocycles. The number of hydrogen-bond donors (Lipinski definition) is 2. The van der Waals surface area contributed by atoms with Crippen LogP contribution < -0.4 is 5.32 Å². The molecule has 96 valence electrons. The Hall–Kier alpha value is -1.36. The second-order valence-corrected chi connectivity index (χ2v) is 4.33. The number of aromatic nitrogens is 2. The van der Waals surface area contributed by atoms with Crippen molar-refractivity contribution in [3.05, 3.63) is 18.7 Å². The quantitative estimate of drug-likeness (QED) is 0.659. The van der Waals surface area contributed by atoms with E-state index in [1.807, 2.05) is 17.7 Å². The van der Waals surface area contributed by atoms with E-state index in [2.05, 4.69) is 10.3 Å². The molecule has 2 N–H and O–H groups in total. The minimum Gasteiger partial charge on any atom is -0.396 e. The summed E-state index contributed by atoms with van der Waals surface area (Å²) in [6.45, 7) is 3.57. The molecule has 0 aliphatic carbocycles. The lowest BCUT2D eigenvalue weighted by Crippen LogP contribution is -2.25. The summed E-state index contributed by atoms with van der Waals surface area (Å²) >= 11 is 0. The first-order chi connectivity index (χ1) is 8.22. The van der Waals surface area contributed by atoms with Crippen molar-refractivity contribution in [3.8, 4) is 0 Å². The average Bonchev–Trinajstić information content (AvgIpc) is 2.84. The monoisotopic (exact) mass is 239 g/mol. The predicted molar refractivity (Wildman–Crippen MR) is 65.3 cm³/mol. The van der Waals surface area contributed by atoms with Crippen LogP contribution in [0.4, 0.5) is 0 Å². The Morgan fingerprint density at radius 1 is 1.59 bits per heavy atom. The number of amides is 1. The molecular weight excluding hydrogens is 218 g/mol. The number of imidazole rings is 1. The summed E-state index contributed by atoms with van der Waals surface area (Å²) < 4.78 is 1.88. The fourth-order valence-electron chi connectivity index (χ4n) is 1.51. The van der Waals surface area contributed by atoms with Crippen molar-refractivity contribution in [1.82, 2.24) is 14.9 Å². The van der Waals surface area contributed by atoms with E-state index in [0.29, 0.717) is 25.4 Å². The molecule has 17 heavy (non-hydrogen) atoms. The summed E-state index contributed by atoms with van der Waals surface area (Å²) in [5, 5.41) is 11.7. The second-order valence-electron chi connectivity index (χ2n) is 4.33. The Labute approximate surface area is 102 Å². The Morgan fingerprint density at radius 3 is 3.06 bits per heavy atom. The predicted octanol–water partition coefficient (Wildman–Crippen LogP) is 0.798. The molecule has 1 amide bonds. The molecule has 0 saturated carbocycles. The standard InChI is InChI=1S/C12H21N3O2/c1-11(9-16)3-2-5-14-12(17)4-7-15-8-6-13-10-15/h6,8,10-11,16H,2-5,7,9H2,1H3,(H,14,17). The molecule has 0 saturated heterocycles. The maximum Gasteiger partial charge on any atom is 0.221 e. The summed E-state index contributed by atoms with van der Waals surface area (Å²) in [5.74, 6) is 0.383. The second kappa shape index (κ2) is 7.84. The van der Waals surface area contributed by atoms with Gasteiger partial charge < -0.3 is 15.0 Å². The lowest BCUT2D eigenvalue weighted by Gasteiger charge is -2.08. The highest BCUT2D eigenvalue weighted by Gasteiger charge is 2.02. The Balaban J connectivity index is 2.02. The highest BCUT2D eigenvalue weighted by atomic mass is 16.3. The molecule has 0 radical (unpaired) electrons. The minimum absolute atomic E-state index is 0.0651. The van der Waals surface area contributed by atoms with Crippen LogP contribution in [0.1, 0.15) is 26.2 Å². The van der Waals surface area contributed by atoms with Gasteiger partial charge in [-0.05, 0) is 18.8 Å². The Kier molecular flexibility index (Phi) is 6.32. The molecule has 0 spiro atoms. The molecular formula is C12H21N3O2. The van der Waals surface area contributed by atoms with Crippen LogP contribution in [0.5, 0.6) is 0 Å². The van der Waals surface area contributed by atoms with Crippen molar-refractivity contribution in [3.63, 3.8) is 0 Å². The summed E-state index contributed by atoms with van der Waals surface area (Å²) in [6.07, 6.45) is 7.59. The lowest BCUT2D eigenvalue weighted by atomic mass is 10.1. The van der Waals surface area contributed by atoms with Gasteiger partial charge in [0.2, 0.25) is 5.91 Å². The Morgan fingerprint density at radius 2 is 2.41 bits per heavy atom. The molecule has 1 atom stereocenters. The van der Waals surface area contributed by atoms with Crippen LogP contribution in [0.3, 0.4) is 0 Å². The zero-order valence-electron chi connectivity index (χ0n) is 10.3. The van der Waals surface area contributed by atoms with Gasteiger partial charge in [0.05, 0.1) is 6.33 Å². The molecule has 0 aliphatic heterocycles. The molecule has 1 aromatic rings. The normalized spacial score (nSPS) is 12.4. The van der Waals surface area contributed by atoms with Crippen LogP contribution in [-0.2, 0) is 11.3 Å². The number of aryl methyl sites for hydroxylation is 1. The van der Waals surface area contributed by atoms with E-state index in [0.717, 1.165) is 12.8 Å². The highest BCUT2D eigenvalue weighted by Crippen LogP contribution is 2.02. The van der Waals surface area contributed by atoms with Crippen LogP contribution >= 0.6 is 0 Å². The van der Waals surface area contributed by atoms with Crippen LogP contribution in [0.2, 0.25) is 0 Å². The van der Waals surface area contributed by atoms with Crippen LogP contribution in [-0.4, -0.2) is 33.7 Å². The van der Waals surface area contributed by atoms with E-state index in [9.17, 15) is 4.79 Å². The molecule has 5 heteroatoms. The first kappa shape index (κ1) is 13.7. The summed E-state index contributed by atoms with van der Waals surface area (Å²) in [4.78, 5) is 15.4. The summed E-state index contributed by atoms with van der Waals surface area (Å²) in [7, 11) is 0. The third-order valence-corrected chi connectivity index (χ3v) is 2.66. The van der Waals surface area contributed by atoms with Gasteiger partial charge in [0, 0.05) is 38.5 Å². The largest absolute Gasteiger partial charge is 0.396 e. The maximum absolute atomic E-state index is 11.5. The number of hydrogen-bond acceptors (Lipinski definition) is 3. The third kappa shape index (κ3) is 6.06. The Bertz CT molecular complexity index is 312. The van der Waals surface area contributed by atoms with Gasteiger partial charge in [-0.2, -0.15) is 0 Å². The highest BCUT2D eigenvalue weighted by molar-refractivity contribution is 5.75. The van der Waals surface area contributed by atoms with Gasteiger partial charge in [-0.1, -0.05) is 6.92 Å². The van der Waals surface area contributed by atoms with Gasteiger partial charge in [0.1, 0.15) is 0 Å². The topological polar surface area (TPSA) is 67.2 Å². The number of aliphatic hydroxyl groups excluding tert-OH is 1. The molecule has 1 aromatic heterocycles. The third-order valence-electron chi connectivity index (χ3n) is 2.66. The van der Waals surface area contributed by atoms with Crippen LogP contribution in [0, 0.1) is 5.92 Å². The number of carbonyl (C=O) groups is 1. The van der Waals surface area contributed by atoms with E-state index < -0.39 is 0 Å². The average molecular weight is 239 g/mol. The fourth-order valence-corrected chi connectivity index (χ4v) is 1.51. The smallest absolute Gasteiger partial charge is 0.221 e. The van der Waals surface area contributed by atoms with Gasteiger partial charge >= 0.3 is 0 Å². The first-order valence-electron chi connectivity index (χ1n) is 6.05. The molecule has 0 fully saturated rings. The maximum atomic E-state index is 11.5. The van der Waals surface area contributed by atoms with E-state index in [-0.39, 0.29) is 12.5 Å². The number of aliphatic hydroxyl groups is 1. The molecule has 1 rings (SSSR count). The summed E-state index contributed by atoms with van der Waals surface area (Å²) in [6, 6.07) is 0. The number of rotatable bonds is 8. The van der Waals surface area contributed by atoms with Gasteiger partial charge in [0.15, 0.2) is 0 Å². The van der Waals surface area contributed by atoms with Crippen molar-refractivity contribution >= 4 is 5.91 Å². The van der Waals surface area contributed by atoms with Crippen molar-refractivity contribution < 1.29 is 9.90 Å². The molecule has 0 aromatic carbocycles. The van der Waals surface area contributed by atoms with Gasteiger partial charge in [-0.3, -0.25) is 4.79 Å². The van der Waals surface area contributed by atoms with Crippen molar-refractivity contribution in [2.45, 2.75) is 32.7 Å². The fraction of sp³-hybridized carbons (Fsp3) is 0.667. The SMILES string of the molecule is CC(CO)CCCNC(=O)CCn1ccnc1.